The Morgan fingerprint density at radius 1 is 1.27 bits per heavy atom. The summed E-state index contributed by atoms with van der Waals surface area (Å²) < 4.78 is 25.8. The van der Waals surface area contributed by atoms with Crippen LogP contribution in [0.25, 0.3) is 0 Å². The molecule has 0 bridgehead atoms. The van der Waals surface area contributed by atoms with Crippen molar-refractivity contribution in [1.82, 2.24) is 4.90 Å². The predicted molar refractivity (Wildman–Crippen MR) is 54.2 cm³/mol. The predicted octanol–water partition coefficient (Wildman–Crippen LogP) is 1.50. The van der Waals surface area contributed by atoms with E-state index < -0.39 is 11.6 Å². The van der Waals surface area contributed by atoms with Crippen molar-refractivity contribution in [3.8, 4) is 0 Å². The topological polar surface area (TPSA) is 29.3 Å². The van der Waals surface area contributed by atoms with Gasteiger partial charge in [-0.25, -0.2) is 8.78 Å². The average molecular weight is 212 g/mol. The molecule has 0 spiro atoms. The van der Waals surface area contributed by atoms with Crippen LogP contribution in [0, 0.1) is 11.6 Å². The van der Waals surface area contributed by atoms with E-state index in [9.17, 15) is 8.78 Å². The fraction of sp³-hybridized carbons (Fsp3) is 0.455. The zero-order valence-corrected chi connectivity index (χ0v) is 8.42. The van der Waals surface area contributed by atoms with E-state index in [-0.39, 0.29) is 6.04 Å². The summed E-state index contributed by atoms with van der Waals surface area (Å²) in [5.41, 5.74) is 6.42. The molecule has 1 saturated heterocycles. The first-order chi connectivity index (χ1) is 7.13. The number of hydrogen-bond acceptors (Lipinski definition) is 2. The summed E-state index contributed by atoms with van der Waals surface area (Å²) in [6.45, 7) is 2.28. The van der Waals surface area contributed by atoms with Gasteiger partial charge in [0.05, 0.1) is 0 Å². The van der Waals surface area contributed by atoms with E-state index >= 15 is 0 Å². The highest BCUT2D eigenvalue weighted by atomic mass is 19.1. The lowest BCUT2D eigenvalue weighted by molar-refractivity contribution is 0.325. The molecule has 0 aliphatic carbocycles. The van der Waals surface area contributed by atoms with E-state index in [1.807, 2.05) is 0 Å². The minimum absolute atomic E-state index is 0.198. The molecule has 4 heteroatoms. The molecule has 1 aromatic rings. The normalized spacial score (nSPS) is 22.2. The summed E-state index contributed by atoms with van der Waals surface area (Å²) >= 11 is 0. The van der Waals surface area contributed by atoms with Crippen LogP contribution in [0.2, 0.25) is 0 Å². The van der Waals surface area contributed by atoms with Crippen molar-refractivity contribution < 1.29 is 8.78 Å². The number of halogens is 2. The minimum Gasteiger partial charge on any atom is -0.326 e. The van der Waals surface area contributed by atoms with Crippen molar-refractivity contribution in [2.75, 3.05) is 13.1 Å². The molecule has 1 aliphatic heterocycles. The van der Waals surface area contributed by atoms with Crippen LogP contribution >= 0.6 is 0 Å². The van der Waals surface area contributed by atoms with Gasteiger partial charge < -0.3 is 5.73 Å². The van der Waals surface area contributed by atoms with E-state index in [0.717, 1.165) is 25.6 Å². The molecule has 0 amide bonds. The molecule has 2 N–H and O–H groups in total. The standard InChI is InChI=1S/C11H14F2N2/c12-9-3-8(4-10(13)5-9)6-15-2-1-11(14)7-15/h3-5,11H,1-2,6-7,14H2/t11-/m0/s1. The lowest BCUT2D eigenvalue weighted by Crippen LogP contribution is -2.26. The van der Waals surface area contributed by atoms with Gasteiger partial charge in [-0.1, -0.05) is 0 Å². The molecular weight excluding hydrogens is 198 g/mol. The van der Waals surface area contributed by atoms with Crippen LogP contribution in [0.4, 0.5) is 8.78 Å². The van der Waals surface area contributed by atoms with Crippen LogP contribution < -0.4 is 5.73 Å². The van der Waals surface area contributed by atoms with Crippen LogP contribution in [0.3, 0.4) is 0 Å². The Morgan fingerprint density at radius 2 is 1.93 bits per heavy atom. The van der Waals surface area contributed by atoms with Gasteiger partial charge in [0.1, 0.15) is 11.6 Å². The van der Waals surface area contributed by atoms with Crippen LogP contribution in [-0.2, 0) is 6.54 Å². The van der Waals surface area contributed by atoms with Crippen LogP contribution in [0.5, 0.6) is 0 Å². The summed E-state index contributed by atoms with van der Waals surface area (Å²) in [5.74, 6) is -1.04. The van der Waals surface area contributed by atoms with Crippen molar-refractivity contribution in [1.29, 1.82) is 0 Å². The summed E-state index contributed by atoms with van der Waals surface area (Å²) in [7, 11) is 0. The molecule has 2 nitrogen and oxygen atoms in total. The fourth-order valence-corrected chi connectivity index (χ4v) is 1.97. The third kappa shape index (κ3) is 2.73. The van der Waals surface area contributed by atoms with Gasteiger partial charge in [0.15, 0.2) is 0 Å². The molecule has 1 aliphatic rings. The second-order valence-electron chi connectivity index (χ2n) is 4.06. The fourth-order valence-electron chi connectivity index (χ4n) is 1.97. The van der Waals surface area contributed by atoms with Crippen LogP contribution in [-0.4, -0.2) is 24.0 Å². The first-order valence-corrected chi connectivity index (χ1v) is 5.06. The average Bonchev–Trinajstić information content (AvgIpc) is 2.49. The summed E-state index contributed by atoms with van der Waals surface area (Å²) in [6.07, 6.45) is 0.956. The lowest BCUT2D eigenvalue weighted by atomic mass is 10.2. The van der Waals surface area contributed by atoms with Crippen LogP contribution in [0.15, 0.2) is 18.2 Å². The highest BCUT2D eigenvalue weighted by Gasteiger charge is 2.19. The second kappa shape index (κ2) is 4.24. The van der Waals surface area contributed by atoms with Crippen molar-refractivity contribution in [3.05, 3.63) is 35.4 Å². The summed E-state index contributed by atoms with van der Waals surface area (Å²) in [4.78, 5) is 2.11. The Labute approximate surface area is 87.7 Å². The first-order valence-electron chi connectivity index (χ1n) is 5.06. The summed E-state index contributed by atoms with van der Waals surface area (Å²) in [6, 6.07) is 3.82. The van der Waals surface area contributed by atoms with Gasteiger partial charge in [0.25, 0.3) is 0 Å². The second-order valence-corrected chi connectivity index (χ2v) is 4.06. The minimum atomic E-state index is -0.520. The van der Waals surface area contributed by atoms with Gasteiger partial charge in [-0.3, -0.25) is 4.90 Å². The van der Waals surface area contributed by atoms with Crippen molar-refractivity contribution >= 4 is 0 Å². The van der Waals surface area contributed by atoms with Crippen molar-refractivity contribution in [2.24, 2.45) is 5.73 Å². The number of hydrogen-bond donors (Lipinski definition) is 1. The van der Waals surface area contributed by atoms with Crippen LogP contribution in [0.1, 0.15) is 12.0 Å². The third-order valence-corrected chi connectivity index (χ3v) is 2.64. The molecule has 0 saturated carbocycles. The molecule has 0 radical (unpaired) electrons. The zero-order valence-electron chi connectivity index (χ0n) is 8.42. The van der Waals surface area contributed by atoms with Gasteiger partial charge in [0.2, 0.25) is 0 Å². The molecule has 1 fully saturated rings. The quantitative estimate of drug-likeness (QED) is 0.805. The molecule has 15 heavy (non-hydrogen) atoms. The van der Waals surface area contributed by atoms with Gasteiger partial charge in [-0.2, -0.15) is 0 Å². The van der Waals surface area contributed by atoms with E-state index in [1.165, 1.54) is 12.1 Å². The Balaban J connectivity index is 2.04. The Bertz CT molecular complexity index is 334. The molecule has 0 aromatic heterocycles. The molecule has 1 heterocycles. The highest BCUT2D eigenvalue weighted by Crippen LogP contribution is 2.14. The van der Waals surface area contributed by atoms with Gasteiger partial charge >= 0.3 is 0 Å². The highest BCUT2D eigenvalue weighted by molar-refractivity contribution is 5.17. The zero-order chi connectivity index (χ0) is 10.8. The maximum Gasteiger partial charge on any atom is 0.126 e. The van der Waals surface area contributed by atoms with Gasteiger partial charge in [-0.15, -0.1) is 0 Å². The lowest BCUT2D eigenvalue weighted by Gasteiger charge is -2.15. The molecule has 1 aromatic carbocycles. The number of rotatable bonds is 2. The van der Waals surface area contributed by atoms with E-state index in [2.05, 4.69) is 4.90 Å². The maximum absolute atomic E-state index is 12.9. The number of nitrogens with zero attached hydrogens (tertiary/aromatic N) is 1. The SMILES string of the molecule is N[C@H]1CCN(Cc2cc(F)cc(F)c2)C1. The molecule has 2 rings (SSSR count). The maximum atomic E-state index is 12.9. The van der Waals surface area contributed by atoms with Crippen molar-refractivity contribution in [3.63, 3.8) is 0 Å². The first kappa shape index (κ1) is 10.5. The molecule has 1 atom stereocenters. The van der Waals surface area contributed by atoms with Crippen molar-refractivity contribution in [2.45, 2.75) is 19.0 Å². The molecule has 82 valence electrons. The third-order valence-electron chi connectivity index (χ3n) is 2.64. The van der Waals surface area contributed by atoms with Gasteiger partial charge in [0, 0.05) is 31.7 Å². The smallest absolute Gasteiger partial charge is 0.126 e. The Hall–Kier alpha value is -1.00. The Morgan fingerprint density at radius 3 is 2.47 bits per heavy atom. The summed E-state index contributed by atoms with van der Waals surface area (Å²) in [5, 5.41) is 0. The molecule has 0 unspecified atom stereocenters. The van der Waals surface area contributed by atoms with E-state index in [4.69, 9.17) is 5.73 Å². The largest absolute Gasteiger partial charge is 0.326 e. The monoisotopic (exact) mass is 212 g/mol. The number of likely N-dealkylation sites (tertiary alicyclic amines) is 1. The van der Waals surface area contributed by atoms with Gasteiger partial charge in [-0.05, 0) is 24.1 Å². The van der Waals surface area contributed by atoms with E-state index in [1.54, 1.807) is 0 Å². The Kier molecular flexibility index (Phi) is 2.98. The number of nitrogens with two attached hydrogens (primary N) is 1. The van der Waals surface area contributed by atoms with E-state index in [0.29, 0.717) is 12.1 Å². The number of benzene rings is 1. The molecular formula is C11H14F2N2.